The Hall–Kier alpha value is -1.71. The van der Waals surface area contributed by atoms with Crippen molar-refractivity contribution in [2.24, 2.45) is 0 Å². The second-order valence-electron chi connectivity index (χ2n) is 4.78. The fraction of sp³-hybridized carbons (Fsp3) is 0.417. The Labute approximate surface area is 95.7 Å². The predicted molar refractivity (Wildman–Crippen MR) is 64.8 cm³/mol. The molecule has 0 aromatic heterocycles. The molecule has 0 atom stereocenters. The van der Waals surface area contributed by atoms with E-state index in [2.05, 4.69) is 10.6 Å². The third-order valence-electron chi connectivity index (χ3n) is 2.04. The molecule has 0 aliphatic heterocycles. The van der Waals surface area contributed by atoms with Gasteiger partial charge in [0.05, 0.1) is 0 Å². The van der Waals surface area contributed by atoms with Gasteiger partial charge in [0, 0.05) is 16.8 Å². The van der Waals surface area contributed by atoms with E-state index >= 15 is 0 Å². The van der Waals surface area contributed by atoms with Gasteiger partial charge < -0.3 is 15.7 Å². The maximum Gasteiger partial charge on any atom is 0.319 e. The van der Waals surface area contributed by atoms with Crippen LogP contribution in [0.15, 0.2) is 18.2 Å². The smallest absolute Gasteiger partial charge is 0.319 e. The van der Waals surface area contributed by atoms with Crippen LogP contribution in [-0.4, -0.2) is 16.7 Å². The van der Waals surface area contributed by atoms with Crippen LogP contribution in [0.3, 0.4) is 0 Å². The lowest BCUT2D eigenvalue weighted by atomic mass is 10.1. The summed E-state index contributed by atoms with van der Waals surface area (Å²) in [6.45, 7) is 7.47. The molecule has 3 N–H and O–H groups in total. The van der Waals surface area contributed by atoms with E-state index in [0.717, 1.165) is 0 Å². The van der Waals surface area contributed by atoms with E-state index in [1.807, 2.05) is 20.8 Å². The molecule has 0 radical (unpaired) electrons. The molecule has 0 saturated heterocycles. The summed E-state index contributed by atoms with van der Waals surface area (Å²) in [5.74, 6) is 0.175. The highest BCUT2D eigenvalue weighted by atomic mass is 16.3. The number of phenolic OH excluding ortho intramolecular Hbond substituents is 1. The van der Waals surface area contributed by atoms with Crippen molar-refractivity contribution in [2.45, 2.75) is 33.2 Å². The molecule has 0 aliphatic carbocycles. The molecule has 4 heteroatoms. The van der Waals surface area contributed by atoms with Gasteiger partial charge in [0.1, 0.15) is 5.75 Å². The van der Waals surface area contributed by atoms with E-state index in [9.17, 15) is 9.90 Å². The van der Waals surface area contributed by atoms with Crippen molar-refractivity contribution < 1.29 is 9.90 Å². The number of anilines is 1. The number of rotatable bonds is 1. The number of phenols is 1. The number of amides is 2. The Bertz CT molecular complexity index is 394. The first kappa shape index (κ1) is 12.4. The highest BCUT2D eigenvalue weighted by Crippen LogP contribution is 2.23. The minimum Gasteiger partial charge on any atom is -0.508 e. The predicted octanol–water partition coefficient (Wildman–Crippen LogP) is 2.62. The topological polar surface area (TPSA) is 61.4 Å². The van der Waals surface area contributed by atoms with Crippen molar-refractivity contribution in [3.63, 3.8) is 0 Å². The lowest BCUT2D eigenvalue weighted by Crippen LogP contribution is -2.43. The van der Waals surface area contributed by atoms with Gasteiger partial charge >= 0.3 is 6.03 Å². The van der Waals surface area contributed by atoms with Gasteiger partial charge in [0.25, 0.3) is 0 Å². The molecule has 0 saturated carbocycles. The molecule has 16 heavy (non-hydrogen) atoms. The maximum absolute atomic E-state index is 11.6. The molecule has 1 aromatic carbocycles. The summed E-state index contributed by atoms with van der Waals surface area (Å²) in [5, 5.41) is 15.0. The zero-order valence-electron chi connectivity index (χ0n) is 10.1. The van der Waals surface area contributed by atoms with Crippen LogP contribution in [0.4, 0.5) is 10.5 Å². The van der Waals surface area contributed by atoms with Gasteiger partial charge in [-0.25, -0.2) is 4.79 Å². The van der Waals surface area contributed by atoms with Gasteiger partial charge in [0.2, 0.25) is 0 Å². The largest absolute Gasteiger partial charge is 0.508 e. The van der Waals surface area contributed by atoms with Crippen LogP contribution < -0.4 is 10.6 Å². The lowest BCUT2D eigenvalue weighted by Gasteiger charge is -2.21. The number of urea groups is 1. The lowest BCUT2D eigenvalue weighted by molar-refractivity contribution is 0.244. The summed E-state index contributed by atoms with van der Waals surface area (Å²) >= 11 is 0. The minimum atomic E-state index is -0.283. The number of nitrogens with one attached hydrogen (secondary N) is 2. The normalized spacial score (nSPS) is 11.0. The number of benzene rings is 1. The highest BCUT2D eigenvalue weighted by molar-refractivity contribution is 5.90. The fourth-order valence-electron chi connectivity index (χ4n) is 1.25. The molecular formula is C12H18N2O2. The minimum absolute atomic E-state index is 0.175. The molecule has 0 unspecified atom stereocenters. The molecule has 1 aromatic rings. The molecule has 88 valence electrons. The number of aromatic hydroxyl groups is 1. The molecule has 0 spiro atoms. The van der Waals surface area contributed by atoms with Gasteiger partial charge in [-0.1, -0.05) is 6.07 Å². The summed E-state index contributed by atoms with van der Waals surface area (Å²) in [6.07, 6.45) is 0. The van der Waals surface area contributed by atoms with Crippen molar-refractivity contribution in [1.82, 2.24) is 5.32 Å². The van der Waals surface area contributed by atoms with Gasteiger partial charge in [-0.15, -0.1) is 0 Å². The average molecular weight is 222 g/mol. The first-order valence-corrected chi connectivity index (χ1v) is 5.17. The zero-order chi connectivity index (χ0) is 12.3. The third-order valence-corrected chi connectivity index (χ3v) is 2.04. The Balaban J connectivity index is 2.74. The van der Waals surface area contributed by atoms with Crippen molar-refractivity contribution >= 4 is 11.7 Å². The number of hydrogen-bond acceptors (Lipinski definition) is 2. The highest BCUT2D eigenvalue weighted by Gasteiger charge is 2.14. The third kappa shape index (κ3) is 3.46. The van der Waals surface area contributed by atoms with Gasteiger partial charge in [-0.3, -0.25) is 0 Å². The van der Waals surface area contributed by atoms with Crippen LogP contribution in [0.2, 0.25) is 0 Å². The standard InChI is InChI=1S/C12H18N2O2/c1-8-9(6-5-7-10(8)15)13-11(16)14-12(2,3)4/h5-7,15H,1-4H3,(H2,13,14,16). The van der Waals surface area contributed by atoms with Crippen LogP contribution >= 0.6 is 0 Å². The van der Waals surface area contributed by atoms with Crippen molar-refractivity contribution in [3.8, 4) is 5.75 Å². The molecule has 0 heterocycles. The van der Waals surface area contributed by atoms with Crippen LogP contribution in [0.25, 0.3) is 0 Å². The van der Waals surface area contributed by atoms with Crippen LogP contribution in [0.5, 0.6) is 5.75 Å². The monoisotopic (exact) mass is 222 g/mol. The summed E-state index contributed by atoms with van der Waals surface area (Å²) in [5.41, 5.74) is 0.989. The van der Waals surface area contributed by atoms with Crippen LogP contribution in [0, 0.1) is 6.92 Å². The SMILES string of the molecule is Cc1c(O)cccc1NC(=O)NC(C)(C)C. The van der Waals surface area contributed by atoms with E-state index in [1.165, 1.54) is 0 Å². The first-order valence-electron chi connectivity index (χ1n) is 5.17. The number of carbonyl (C=O) groups excluding carboxylic acids is 1. The Morgan fingerprint density at radius 3 is 2.50 bits per heavy atom. The zero-order valence-corrected chi connectivity index (χ0v) is 10.1. The first-order chi connectivity index (χ1) is 7.29. The number of hydrogen-bond donors (Lipinski definition) is 3. The molecule has 2 amide bonds. The fourth-order valence-corrected chi connectivity index (χ4v) is 1.25. The summed E-state index contributed by atoms with van der Waals surface area (Å²) in [4.78, 5) is 11.6. The second-order valence-corrected chi connectivity index (χ2v) is 4.78. The maximum atomic E-state index is 11.6. The van der Waals surface area contributed by atoms with E-state index in [-0.39, 0.29) is 17.3 Å². The molecular weight excluding hydrogens is 204 g/mol. The average Bonchev–Trinajstić information content (AvgIpc) is 2.09. The Morgan fingerprint density at radius 1 is 1.31 bits per heavy atom. The molecule has 4 nitrogen and oxygen atoms in total. The number of carbonyl (C=O) groups is 1. The second kappa shape index (κ2) is 4.43. The summed E-state index contributed by atoms with van der Waals surface area (Å²) < 4.78 is 0. The van der Waals surface area contributed by atoms with Crippen LogP contribution in [-0.2, 0) is 0 Å². The molecule has 0 bridgehead atoms. The summed E-state index contributed by atoms with van der Waals surface area (Å²) in [6, 6.07) is 4.75. The van der Waals surface area contributed by atoms with E-state index in [1.54, 1.807) is 25.1 Å². The molecule has 1 rings (SSSR count). The quantitative estimate of drug-likeness (QED) is 0.684. The van der Waals surface area contributed by atoms with Crippen LogP contribution in [0.1, 0.15) is 26.3 Å². The van der Waals surface area contributed by atoms with Crippen molar-refractivity contribution in [1.29, 1.82) is 0 Å². The van der Waals surface area contributed by atoms with Gasteiger partial charge in [-0.2, -0.15) is 0 Å². The molecule has 0 aliphatic rings. The van der Waals surface area contributed by atoms with E-state index in [0.29, 0.717) is 11.3 Å². The Morgan fingerprint density at radius 2 is 1.94 bits per heavy atom. The Kier molecular flexibility index (Phi) is 3.42. The van der Waals surface area contributed by atoms with Crippen molar-refractivity contribution in [3.05, 3.63) is 23.8 Å². The van der Waals surface area contributed by atoms with Gasteiger partial charge in [0.15, 0.2) is 0 Å². The summed E-state index contributed by atoms with van der Waals surface area (Å²) in [7, 11) is 0. The molecule has 0 fully saturated rings. The van der Waals surface area contributed by atoms with Gasteiger partial charge in [-0.05, 0) is 39.8 Å². The van der Waals surface area contributed by atoms with E-state index in [4.69, 9.17) is 0 Å². The van der Waals surface area contributed by atoms with Crippen molar-refractivity contribution in [2.75, 3.05) is 5.32 Å². The van der Waals surface area contributed by atoms with E-state index < -0.39 is 0 Å².